The van der Waals surface area contributed by atoms with Crippen molar-refractivity contribution < 1.29 is 29.0 Å². The summed E-state index contributed by atoms with van der Waals surface area (Å²) in [6.07, 6.45) is -0.0218. The van der Waals surface area contributed by atoms with E-state index in [2.05, 4.69) is 5.32 Å². The van der Waals surface area contributed by atoms with Gasteiger partial charge in [0.15, 0.2) is 0 Å². The molecule has 1 aromatic rings. The number of anilines is 1. The molecule has 0 heterocycles. The number of aliphatic hydroxyl groups is 1. The number of nitrogens with one attached hydrogen (secondary N) is 1. The molecule has 0 saturated carbocycles. The molecule has 1 atom stereocenters. The summed E-state index contributed by atoms with van der Waals surface area (Å²) in [5, 5.41) is 13.7. The number of ether oxygens (including phenoxy) is 2. The molecule has 0 aliphatic heterocycles. The first-order valence-electron chi connectivity index (χ1n) is 10.3. The van der Waals surface area contributed by atoms with Gasteiger partial charge in [0.1, 0.15) is 17.8 Å². The first-order chi connectivity index (χ1) is 13.8. The molecule has 1 amide bonds. The van der Waals surface area contributed by atoms with E-state index in [0.29, 0.717) is 18.5 Å². The van der Waals surface area contributed by atoms with Gasteiger partial charge in [-0.2, -0.15) is 0 Å². The Morgan fingerprint density at radius 3 is 2.20 bits per heavy atom. The highest BCUT2D eigenvalue weighted by molar-refractivity contribution is 5.96. The average molecular weight is 422 g/mol. The maximum Gasteiger partial charge on any atom is 0.412 e. The van der Waals surface area contributed by atoms with Crippen molar-refractivity contribution >= 4 is 23.5 Å². The molecular formula is C23H35NO6. The number of hydrogen-bond donors (Lipinski definition) is 2. The first-order valence-corrected chi connectivity index (χ1v) is 10.3. The highest BCUT2D eigenvalue weighted by Gasteiger charge is 2.33. The fourth-order valence-corrected chi connectivity index (χ4v) is 2.90. The van der Waals surface area contributed by atoms with Gasteiger partial charge in [-0.05, 0) is 64.2 Å². The second-order valence-corrected chi connectivity index (χ2v) is 8.78. The number of amides is 1. The Morgan fingerprint density at radius 2 is 1.70 bits per heavy atom. The molecule has 0 radical (unpaired) electrons. The second-order valence-electron chi connectivity index (χ2n) is 8.78. The van der Waals surface area contributed by atoms with Crippen LogP contribution in [-0.2, 0) is 25.5 Å². The lowest BCUT2D eigenvalue weighted by molar-refractivity contribution is -0.146. The van der Waals surface area contributed by atoms with E-state index < -0.39 is 23.3 Å². The molecule has 7 nitrogen and oxygen atoms in total. The van der Waals surface area contributed by atoms with Crippen LogP contribution in [0.5, 0.6) is 0 Å². The normalized spacial score (nSPS) is 13.5. The molecule has 1 aromatic carbocycles. The summed E-state index contributed by atoms with van der Waals surface area (Å²) in [6.45, 7) is 11.0. The highest BCUT2D eigenvalue weighted by Crippen LogP contribution is 2.28. The lowest BCUT2D eigenvalue weighted by Crippen LogP contribution is -2.38. The quantitative estimate of drug-likeness (QED) is 0.432. The van der Waals surface area contributed by atoms with Crippen LogP contribution in [0.3, 0.4) is 0 Å². The zero-order valence-corrected chi connectivity index (χ0v) is 18.9. The van der Waals surface area contributed by atoms with Crippen LogP contribution in [0.15, 0.2) is 24.3 Å². The van der Waals surface area contributed by atoms with Crippen molar-refractivity contribution in [3.05, 3.63) is 29.8 Å². The Balaban J connectivity index is 2.66. The molecule has 0 saturated heterocycles. The number of esters is 1. The third-order valence-corrected chi connectivity index (χ3v) is 4.67. The summed E-state index contributed by atoms with van der Waals surface area (Å²) < 4.78 is 10.0. The van der Waals surface area contributed by atoms with Crippen molar-refractivity contribution in [2.75, 3.05) is 11.9 Å². The van der Waals surface area contributed by atoms with Gasteiger partial charge >= 0.3 is 12.1 Å². The van der Waals surface area contributed by atoms with Gasteiger partial charge < -0.3 is 14.6 Å². The van der Waals surface area contributed by atoms with E-state index in [4.69, 9.17) is 9.47 Å². The fourth-order valence-electron chi connectivity index (χ4n) is 2.90. The third kappa shape index (κ3) is 9.39. The first kappa shape index (κ1) is 25.6. The van der Waals surface area contributed by atoms with Crippen LogP contribution in [0.4, 0.5) is 10.5 Å². The lowest BCUT2D eigenvalue weighted by Gasteiger charge is -2.32. The molecule has 1 unspecified atom stereocenters. The predicted octanol–water partition coefficient (Wildman–Crippen LogP) is 4.27. The van der Waals surface area contributed by atoms with Gasteiger partial charge in [0, 0.05) is 12.1 Å². The van der Waals surface area contributed by atoms with E-state index in [1.807, 2.05) is 26.0 Å². The predicted molar refractivity (Wildman–Crippen MR) is 115 cm³/mol. The van der Waals surface area contributed by atoms with E-state index >= 15 is 0 Å². The van der Waals surface area contributed by atoms with Crippen molar-refractivity contribution in [1.29, 1.82) is 0 Å². The van der Waals surface area contributed by atoms with Crippen LogP contribution in [0.2, 0.25) is 0 Å². The largest absolute Gasteiger partial charge is 0.466 e. The SMILES string of the molecule is CCOC(=O)CC(=O)CC(O)(CCc1ccc(NC(=O)OC(C)(C)C)cc1)C(C)C. The van der Waals surface area contributed by atoms with E-state index in [-0.39, 0.29) is 31.1 Å². The number of carbonyl (C=O) groups is 3. The van der Waals surface area contributed by atoms with Crippen molar-refractivity contribution in [3.8, 4) is 0 Å². The van der Waals surface area contributed by atoms with Crippen LogP contribution in [0.1, 0.15) is 66.4 Å². The number of benzene rings is 1. The Hall–Kier alpha value is -2.41. The van der Waals surface area contributed by atoms with E-state index in [1.54, 1.807) is 39.8 Å². The van der Waals surface area contributed by atoms with Crippen LogP contribution < -0.4 is 5.32 Å². The van der Waals surface area contributed by atoms with Crippen molar-refractivity contribution in [1.82, 2.24) is 0 Å². The summed E-state index contributed by atoms with van der Waals surface area (Å²) in [4.78, 5) is 35.5. The van der Waals surface area contributed by atoms with Crippen LogP contribution in [0, 0.1) is 5.92 Å². The minimum atomic E-state index is -1.21. The maximum atomic E-state index is 12.2. The highest BCUT2D eigenvalue weighted by atomic mass is 16.6. The van der Waals surface area contributed by atoms with Gasteiger partial charge in [-0.3, -0.25) is 14.9 Å². The molecule has 168 valence electrons. The number of Topliss-reactive ketones (excluding diaryl/α,β-unsaturated/α-hetero) is 1. The Labute approximate surface area is 179 Å². The molecule has 0 aliphatic carbocycles. The summed E-state index contributed by atoms with van der Waals surface area (Å²) in [6, 6.07) is 7.24. The molecule has 0 spiro atoms. The zero-order chi connectivity index (χ0) is 22.9. The van der Waals surface area contributed by atoms with Gasteiger partial charge in [0.2, 0.25) is 0 Å². The summed E-state index contributed by atoms with van der Waals surface area (Å²) in [5.74, 6) is -1.06. The third-order valence-electron chi connectivity index (χ3n) is 4.67. The molecule has 0 aromatic heterocycles. The number of rotatable bonds is 10. The molecule has 1 rings (SSSR count). The Kier molecular flexibility index (Phi) is 9.49. The van der Waals surface area contributed by atoms with Crippen LogP contribution in [0.25, 0.3) is 0 Å². The molecule has 0 aliphatic rings. The summed E-state index contributed by atoms with van der Waals surface area (Å²) in [5.41, 5.74) is -0.217. The monoisotopic (exact) mass is 421 g/mol. The van der Waals surface area contributed by atoms with Crippen LogP contribution >= 0.6 is 0 Å². The van der Waals surface area contributed by atoms with Gasteiger partial charge in [-0.1, -0.05) is 26.0 Å². The Bertz CT molecular complexity index is 720. The van der Waals surface area contributed by atoms with Crippen molar-refractivity contribution in [2.45, 2.75) is 78.4 Å². The molecule has 0 bridgehead atoms. The minimum absolute atomic E-state index is 0.0955. The standard InChI is InChI=1S/C23H35NO6/c1-7-29-20(26)14-19(25)15-23(28,16(2)3)13-12-17-8-10-18(11-9-17)24-21(27)30-22(4,5)6/h8-11,16,28H,7,12-15H2,1-6H3,(H,24,27). The van der Waals surface area contributed by atoms with Crippen molar-refractivity contribution in [3.63, 3.8) is 0 Å². The average Bonchev–Trinajstić information content (AvgIpc) is 2.59. The number of carbonyl (C=O) groups excluding carboxylic acids is 3. The topological polar surface area (TPSA) is 102 Å². The number of ketones is 1. The molecule has 2 N–H and O–H groups in total. The summed E-state index contributed by atoms with van der Waals surface area (Å²) >= 11 is 0. The Morgan fingerprint density at radius 1 is 1.10 bits per heavy atom. The van der Waals surface area contributed by atoms with Gasteiger partial charge in [-0.15, -0.1) is 0 Å². The molecular weight excluding hydrogens is 386 g/mol. The number of aryl methyl sites for hydroxylation is 1. The minimum Gasteiger partial charge on any atom is -0.466 e. The number of hydrogen-bond acceptors (Lipinski definition) is 6. The van der Waals surface area contributed by atoms with Gasteiger partial charge in [0.25, 0.3) is 0 Å². The van der Waals surface area contributed by atoms with E-state index in [1.165, 1.54) is 0 Å². The second kappa shape index (κ2) is 11.1. The van der Waals surface area contributed by atoms with Gasteiger partial charge in [-0.25, -0.2) is 4.79 Å². The fraction of sp³-hybridized carbons (Fsp3) is 0.609. The molecule has 30 heavy (non-hydrogen) atoms. The van der Waals surface area contributed by atoms with E-state index in [9.17, 15) is 19.5 Å². The molecule has 0 fully saturated rings. The lowest BCUT2D eigenvalue weighted by atomic mass is 9.80. The van der Waals surface area contributed by atoms with Gasteiger partial charge in [0.05, 0.1) is 12.2 Å². The van der Waals surface area contributed by atoms with E-state index in [0.717, 1.165) is 5.56 Å². The maximum absolute atomic E-state index is 12.2. The summed E-state index contributed by atoms with van der Waals surface area (Å²) in [7, 11) is 0. The van der Waals surface area contributed by atoms with Crippen molar-refractivity contribution in [2.24, 2.45) is 5.92 Å². The molecule has 7 heteroatoms. The van der Waals surface area contributed by atoms with Crippen LogP contribution in [-0.4, -0.2) is 40.8 Å². The zero-order valence-electron chi connectivity index (χ0n) is 18.9. The smallest absolute Gasteiger partial charge is 0.412 e.